The number of alkyl halides is 3. The van der Waals surface area contributed by atoms with Crippen LogP contribution in [-0.2, 0) is 23.9 Å². The van der Waals surface area contributed by atoms with Crippen LogP contribution in [0.15, 0.2) is 76.3 Å². The van der Waals surface area contributed by atoms with Gasteiger partial charge in [-0.05, 0) is 67.9 Å². The average molecular weight is 591 g/mol. The van der Waals surface area contributed by atoms with Crippen LogP contribution >= 0.6 is 0 Å². The van der Waals surface area contributed by atoms with Crippen LogP contribution in [-0.4, -0.2) is 30.5 Å². The van der Waals surface area contributed by atoms with E-state index in [9.17, 15) is 32.4 Å². The number of carbonyl (C=O) groups excluding carboxylic acids is 1. The molecule has 0 N–H and O–H groups in total. The maximum atomic E-state index is 13.9. The number of nitriles is 1. The fourth-order valence-corrected chi connectivity index (χ4v) is 4.66. The van der Waals surface area contributed by atoms with Crippen LogP contribution in [0.2, 0.25) is 0 Å². The van der Waals surface area contributed by atoms with E-state index in [1.165, 1.54) is 34.0 Å². The highest BCUT2D eigenvalue weighted by atomic mass is 19.4. The van der Waals surface area contributed by atoms with Gasteiger partial charge in [0, 0.05) is 11.8 Å². The fourth-order valence-electron chi connectivity index (χ4n) is 4.66. The van der Waals surface area contributed by atoms with Gasteiger partial charge in [-0.15, -0.1) is 0 Å². The molecule has 0 fully saturated rings. The summed E-state index contributed by atoms with van der Waals surface area (Å²) >= 11 is 0. The Balaban J connectivity index is 1.63. The van der Waals surface area contributed by atoms with Gasteiger partial charge in [0.1, 0.15) is 17.4 Å². The first-order chi connectivity index (χ1) is 20.5. The summed E-state index contributed by atoms with van der Waals surface area (Å²) in [6, 6.07) is 12.8. The molecule has 1 atom stereocenters. The lowest BCUT2D eigenvalue weighted by Crippen LogP contribution is -2.38. The molecule has 218 valence electrons. The largest absolute Gasteiger partial charge is 0.419 e. The van der Waals surface area contributed by atoms with Gasteiger partial charge < -0.3 is 9.42 Å². The Morgan fingerprint density at radius 3 is 2.56 bits per heavy atom. The number of halogens is 4. The lowest BCUT2D eigenvalue weighted by Gasteiger charge is -2.30. The molecule has 2 aromatic carbocycles. The highest BCUT2D eigenvalue weighted by Gasteiger charge is 2.35. The minimum absolute atomic E-state index is 0.0596. The van der Waals surface area contributed by atoms with Crippen molar-refractivity contribution in [2.75, 3.05) is 0 Å². The zero-order valence-corrected chi connectivity index (χ0v) is 22.8. The third-order valence-electron chi connectivity index (χ3n) is 6.97. The normalized spacial score (nSPS) is 12.2. The SMILES string of the molecule is Cc1oncc1CN(C(=O)Cc1ccc(F)c(C(F)(F)F)c1)[C@H](C)c1nc2ncccc2c(=O)n1-c1ccc(C#N)cc1. The minimum atomic E-state index is -4.95. The number of hydrogen-bond acceptors (Lipinski definition) is 7. The molecule has 13 heteroatoms. The summed E-state index contributed by atoms with van der Waals surface area (Å²) in [5, 5.41) is 13.2. The third-order valence-corrected chi connectivity index (χ3v) is 6.97. The van der Waals surface area contributed by atoms with Crippen molar-refractivity contribution < 1.29 is 26.9 Å². The van der Waals surface area contributed by atoms with E-state index in [1.807, 2.05) is 6.07 Å². The molecule has 43 heavy (non-hydrogen) atoms. The van der Waals surface area contributed by atoms with Crippen molar-refractivity contribution in [2.45, 2.75) is 39.0 Å². The molecule has 0 radical (unpaired) electrons. The number of benzene rings is 2. The van der Waals surface area contributed by atoms with Crippen LogP contribution in [0.5, 0.6) is 0 Å². The summed E-state index contributed by atoms with van der Waals surface area (Å²) < 4.78 is 60.5. The van der Waals surface area contributed by atoms with Crippen LogP contribution < -0.4 is 5.56 Å². The number of carbonyl (C=O) groups is 1. The van der Waals surface area contributed by atoms with Gasteiger partial charge in [-0.1, -0.05) is 11.2 Å². The molecule has 1 amide bonds. The standard InChI is InChI=1S/C30H22F4N6O3/c1-17(28-38-27-23(4-3-11-36-27)29(42)40(28)22-8-5-19(14-35)6-9-22)39(16-21-15-37-43-18(21)2)26(41)13-20-7-10-25(31)24(12-20)30(32,33)34/h3-12,15,17H,13,16H2,1-2H3/t17-/m1/s1. The molecule has 0 aliphatic heterocycles. The van der Waals surface area contributed by atoms with Crippen molar-refractivity contribution in [3.8, 4) is 11.8 Å². The molecule has 0 aliphatic carbocycles. The van der Waals surface area contributed by atoms with Gasteiger partial charge in [0.15, 0.2) is 5.65 Å². The highest BCUT2D eigenvalue weighted by molar-refractivity contribution is 5.79. The molecular weight excluding hydrogens is 568 g/mol. The molecule has 3 heterocycles. The van der Waals surface area contributed by atoms with Crippen LogP contribution in [0.25, 0.3) is 16.7 Å². The summed E-state index contributed by atoms with van der Waals surface area (Å²) in [7, 11) is 0. The second-order valence-electron chi connectivity index (χ2n) is 9.74. The summed E-state index contributed by atoms with van der Waals surface area (Å²) in [5.41, 5.74) is -0.654. The highest BCUT2D eigenvalue weighted by Crippen LogP contribution is 2.32. The Morgan fingerprint density at radius 1 is 1.16 bits per heavy atom. The monoisotopic (exact) mass is 590 g/mol. The zero-order valence-electron chi connectivity index (χ0n) is 22.8. The second kappa shape index (κ2) is 11.5. The van der Waals surface area contributed by atoms with Gasteiger partial charge in [0.05, 0.1) is 53.5 Å². The Labute approximate surface area is 241 Å². The fraction of sp³-hybridized carbons (Fsp3) is 0.200. The molecule has 0 bridgehead atoms. The van der Waals surface area contributed by atoms with Crippen molar-refractivity contribution in [1.82, 2.24) is 24.6 Å². The number of fused-ring (bicyclic) bond motifs is 1. The number of aromatic nitrogens is 4. The second-order valence-corrected chi connectivity index (χ2v) is 9.74. The number of hydrogen-bond donors (Lipinski definition) is 0. The van der Waals surface area contributed by atoms with Gasteiger partial charge in [-0.3, -0.25) is 14.2 Å². The minimum Gasteiger partial charge on any atom is -0.361 e. The molecule has 0 aliphatic rings. The maximum absolute atomic E-state index is 13.9. The van der Waals surface area contributed by atoms with Crippen LogP contribution in [0.1, 0.15) is 46.8 Å². The van der Waals surface area contributed by atoms with E-state index in [4.69, 9.17) is 4.52 Å². The summed E-state index contributed by atoms with van der Waals surface area (Å²) in [6.07, 6.45) is -2.59. The molecule has 5 rings (SSSR count). The number of rotatable bonds is 7. The molecule has 3 aromatic heterocycles. The van der Waals surface area contributed by atoms with Crippen molar-refractivity contribution in [3.63, 3.8) is 0 Å². The topological polar surface area (TPSA) is 118 Å². The van der Waals surface area contributed by atoms with E-state index in [0.29, 0.717) is 34.7 Å². The van der Waals surface area contributed by atoms with E-state index in [0.717, 1.165) is 6.07 Å². The maximum Gasteiger partial charge on any atom is 0.419 e. The Morgan fingerprint density at radius 2 is 1.91 bits per heavy atom. The van der Waals surface area contributed by atoms with Crippen molar-refractivity contribution in [2.24, 2.45) is 0 Å². The van der Waals surface area contributed by atoms with Crippen LogP contribution in [0.4, 0.5) is 17.6 Å². The Bertz CT molecular complexity index is 1930. The molecule has 0 unspecified atom stereocenters. The smallest absolute Gasteiger partial charge is 0.361 e. The molecular formula is C30H22F4N6O3. The number of pyridine rings is 1. The van der Waals surface area contributed by atoms with E-state index in [2.05, 4.69) is 15.1 Å². The predicted molar refractivity (Wildman–Crippen MR) is 145 cm³/mol. The molecule has 0 saturated carbocycles. The van der Waals surface area contributed by atoms with Crippen molar-refractivity contribution in [1.29, 1.82) is 5.26 Å². The Hall–Kier alpha value is -5.38. The van der Waals surface area contributed by atoms with E-state index < -0.39 is 41.5 Å². The molecule has 0 saturated heterocycles. The Kier molecular flexibility index (Phi) is 7.78. The van der Waals surface area contributed by atoms with Crippen LogP contribution in [0, 0.1) is 24.1 Å². The molecule has 0 spiro atoms. The number of aryl methyl sites for hydroxylation is 1. The summed E-state index contributed by atoms with van der Waals surface area (Å²) in [6.45, 7) is 3.16. The zero-order chi connectivity index (χ0) is 30.9. The van der Waals surface area contributed by atoms with Crippen LogP contribution in [0.3, 0.4) is 0 Å². The summed E-state index contributed by atoms with van der Waals surface area (Å²) in [4.78, 5) is 37.8. The van der Waals surface area contributed by atoms with E-state index >= 15 is 0 Å². The average Bonchev–Trinajstić information content (AvgIpc) is 3.40. The van der Waals surface area contributed by atoms with Gasteiger partial charge in [-0.2, -0.15) is 18.4 Å². The summed E-state index contributed by atoms with van der Waals surface area (Å²) in [5.74, 6) is -1.56. The van der Waals surface area contributed by atoms with Gasteiger partial charge in [0.25, 0.3) is 5.56 Å². The molecule has 9 nitrogen and oxygen atoms in total. The van der Waals surface area contributed by atoms with Gasteiger partial charge in [0.2, 0.25) is 5.91 Å². The first-order valence-corrected chi connectivity index (χ1v) is 12.9. The third kappa shape index (κ3) is 5.85. The lowest BCUT2D eigenvalue weighted by atomic mass is 10.0. The van der Waals surface area contributed by atoms with Crippen molar-refractivity contribution in [3.05, 3.63) is 117 Å². The van der Waals surface area contributed by atoms with E-state index in [1.54, 1.807) is 38.1 Å². The quantitative estimate of drug-likeness (QED) is 0.232. The number of nitrogens with zero attached hydrogens (tertiary/aromatic N) is 6. The number of amides is 1. The van der Waals surface area contributed by atoms with E-state index in [-0.39, 0.29) is 29.0 Å². The van der Waals surface area contributed by atoms with Gasteiger partial charge in [-0.25, -0.2) is 14.4 Å². The lowest BCUT2D eigenvalue weighted by molar-refractivity contribution is -0.140. The molecule has 5 aromatic rings. The first kappa shape index (κ1) is 29.1. The van der Waals surface area contributed by atoms with Crippen molar-refractivity contribution >= 4 is 16.9 Å². The van der Waals surface area contributed by atoms with Gasteiger partial charge >= 0.3 is 6.18 Å². The first-order valence-electron chi connectivity index (χ1n) is 12.9. The predicted octanol–water partition coefficient (Wildman–Crippen LogP) is 5.44.